The summed E-state index contributed by atoms with van der Waals surface area (Å²) in [5, 5.41) is 18.1. The number of aromatic hydroxyl groups is 2. The van der Waals surface area contributed by atoms with Crippen LogP contribution < -0.4 is 0 Å². The lowest BCUT2D eigenvalue weighted by atomic mass is 10.3. The maximum atomic E-state index is 12.2. The van der Waals surface area contributed by atoms with Gasteiger partial charge in [-0.1, -0.05) is 0 Å². The number of halogens is 3. The molecule has 5 nitrogen and oxygen atoms in total. The van der Waals surface area contributed by atoms with E-state index in [1.54, 1.807) is 0 Å². The molecule has 0 radical (unpaired) electrons. The lowest BCUT2D eigenvalue weighted by molar-refractivity contribution is 0.141. The van der Waals surface area contributed by atoms with Gasteiger partial charge in [-0.3, -0.25) is 0 Å². The van der Waals surface area contributed by atoms with Crippen LogP contribution in [0.2, 0.25) is 0 Å². The summed E-state index contributed by atoms with van der Waals surface area (Å²) in [5.74, 6) is -2.34. The van der Waals surface area contributed by atoms with E-state index in [0.29, 0.717) is 6.20 Å². The van der Waals surface area contributed by atoms with E-state index in [4.69, 9.17) is 20.9 Å². The molecule has 0 aliphatic heterocycles. The van der Waals surface area contributed by atoms with Gasteiger partial charge in [0.05, 0.1) is 6.20 Å². The van der Waals surface area contributed by atoms with Gasteiger partial charge in [0.2, 0.25) is 0 Å². The lowest BCUT2D eigenvalue weighted by Crippen LogP contribution is -1.98. The molecule has 0 atom stereocenters. The molecule has 0 spiro atoms. The average Bonchev–Trinajstić information content (AvgIpc) is 2.00. The quantitative estimate of drug-likeness (QED) is 0.783. The predicted octanol–water partition coefficient (Wildman–Crippen LogP) is 1.36. The number of nitrogens with zero attached hydrogens (tertiary/aromatic N) is 1. The molecule has 1 rings (SSSR count). The third kappa shape index (κ3) is 2.26. The average molecular weight is 260 g/mol. The Labute approximate surface area is 87.4 Å². The molecule has 0 saturated heterocycles. The molecule has 84 valence electrons. The van der Waals surface area contributed by atoms with Crippen molar-refractivity contribution in [2.24, 2.45) is 0 Å². The van der Waals surface area contributed by atoms with E-state index in [2.05, 4.69) is 4.98 Å². The molecule has 1 heterocycles. The molecule has 0 fully saturated rings. The van der Waals surface area contributed by atoms with Crippen molar-refractivity contribution in [3.63, 3.8) is 0 Å². The van der Waals surface area contributed by atoms with Gasteiger partial charge in [-0.05, 0) is 0 Å². The van der Waals surface area contributed by atoms with Gasteiger partial charge < -0.3 is 10.2 Å². The minimum atomic E-state index is -4.52. The molecule has 15 heavy (non-hydrogen) atoms. The molecule has 0 aliphatic carbocycles. The third-order valence-electron chi connectivity index (χ3n) is 1.47. The van der Waals surface area contributed by atoms with E-state index < -0.39 is 37.6 Å². The van der Waals surface area contributed by atoms with Crippen molar-refractivity contribution in [1.29, 1.82) is 0 Å². The summed E-state index contributed by atoms with van der Waals surface area (Å²) >= 11 is 0. The summed E-state index contributed by atoms with van der Waals surface area (Å²) in [6.45, 7) is 0. The van der Waals surface area contributed by atoms with Gasteiger partial charge >= 0.3 is 0 Å². The second-order valence-electron chi connectivity index (χ2n) is 2.44. The molecule has 0 aliphatic rings. The Morgan fingerprint density at radius 1 is 1.40 bits per heavy atom. The molecular formula is C6H4ClF2NO4S. The fourth-order valence-electron chi connectivity index (χ4n) is 0.888. The largest absolute Gasteiger partial charge is 0.505 e. The number of aromatic nitrogens is 1. The third-order valence-corrected chi connectivity index (χ3v) is 2.82. The first-order valence-corrected chi connectivity index (χ1v) is 5.69. The number of hydrogen-bond acceptors (Lipinski definition) is 5. The zero-order chi connectivity index (χ0) is 11.8. The first-order valence-electron chi connectivity index (χ1n) is 3.38. The number of rotatable bonds is 2. The summed E-state index contributed by atoms with van der Waals surface area (Å²) < 4.78 is 46.0. The van der Waals surface area contributed by atoms with E-state index in [0.717, 1.165) is 0 Å². The molecule has 9 heteroatoms. The van der Waals surface area contributed by atoms with Crippen LogP contribution in [-0.4, -0.2) is 23.6 Å². The fourth-order valence-corrected chi connectivity index (χ4v) is 1.98. The van der Waals surface area contributed by atoms with E-state index in [1.165, 1.54) is 0 Å². The van der Waals surface area contributed by atoms with Gasteiger partial charge in [0, 0.05) is 10.7 Å². The Morgan fingerprint density at radius 2 is 1.93 bits per heavy atom. The Kier molecular flexibility index (Phi) is 3.00. The first kappa shape index (κ1) is 11.9. The minimum absolute atomic E-state index is 0.469. The summed E-state index contributed by atoms with van der Waals surface area (Å²) in [7, 11) is 0.304. The number of alkyl halides is 2. The second kappa shape index (κ2) is 3.78. The van der Waals surface area contributed by atoms with Crippen molar-refractivity contribution < 1.29 is 27.4 Å². The number of pyridine rings is 1. The summed E-state index contributed by atoms with van der Waals surface area (Å²) in [4.78, 5) is 1.81. The fraction of sp³-hybridized carbons (Fsp3) is 0.167. The molecule has 0 saturated carbocycles. The van der Waals surface area contributed by atoms with Crippen LogP contribution >= 0.6 is 10.7 Å². The van der Waals surface area contributed by atoms with E-state index in [-0.39, 0.29) is 0 Å². The van der Waals surface area contributed by atoms with Gasteiger partial charge in [-0.2, -0.15) is 0 Å². The van der Waals surface area contributed by atoms with Crippen molar-refractivity contribution in [2.45, 2.75) is 11.3 Å². The van der Waals surface area contributed by atoms with Gasteiger partial charge in [-0.15, -0.1) is 0 Å². The van der Waals surface area contributed by atoms with E-state index >= 15 is 0 Å². The molecule has 1 aromatic heterocycles. The monoisotopic (exact) mass is 259 g/mol. The van der Waals surface area contributed by atoms with Gasteiger partial charge in [0.15, 0.2) is 16.4 Å². The van der Waals surface area contributed by atoms with Crippen LogP contribution in [0.15, 0.2) is 11.1 Å². The zero-order valence-electron chi connectivity index (χ0n) is 6.85. The van der Waals surface area contributed by atoms with Gasteiger partial charge in [0.25, 0.3) is 15.5 Å². The van der Waals surface area contributed by atoms with Crippen molar-refractivity contribution in [2.75, 3.05) is 0 Å². The highest BCUT2D eigenvalue weighted by molar-refractivity contribution is 8.13. The summed E-state index contributed by atoms with van der Waals surface area (Å²) in [5.41, 5.74) is -1.16. The van der Waals surface area contributed by atoms with Crippen LogP contribution in [0.5, 0.6) is 11.5 Å². The Balaban J connectivity index is 3.59. The second-order valence-corrected chi connectivity index (χ2v) is 4.95. The van der Waals surface area contributed by atoms with Gasteiger partial charge in [0.1, 0.15) is 5.69 Å². The van der Waals surface area contributed by atoms with E-state index in [9.17, 15) is 17.2 Å². The molecule has 2 N–H and O–H groups in total. The van der Waals surface area contributed by atoms with Crippen LogP contribution in [-0.2, 0) is 9.05 Å². The van der Waals surface area contributed by atoms with Crippen molar-refractivity contribution in [3.8, 4) is 11.5 Å². The normalized spacial score (nSPS) is 12.0. The number of hydrogen-bond donors (Lipinski definition) is 2. The molecule has 0 unspecified atom stereocenters. The Hall–Kier alpha value is -1.15. The highest BCUT2D eigenvalue weighted by Crippen LogP contribution is 2.38. The minimum Gasteiger partial charge on any atom is -0.505 e. The molecular weight excluding hydrogens is 256 g/mol. The summed E-state index contributed by atoms with van der Waals surface area (Å²) in [6.07, 6.45) is -2.71. The molecule has 1 aromatic rings. The van der Waals surface area contributed by atoms with Crippen LogP contribution in [0.4, 0.5) is 8.78 Å². The molecule has 0 aromatic carbocycles. The maximum Gasteiger partial charge on any atom is 0.284 e. The zero-order valence-corrected chi connectivity index (χ0v) is 8.43. The predicted molar refractivity (Wildman–Crippen MR) is 45.6 cm³/mol. The van der Waals surface area contributed by atoms with Crippen LogP contribution in [0.1, 0.15) is 12.1 Å². The standard InChI is InChI=1S/C6H4ClF2NO4S/c7-15(13,14)5-2(11)1-10-3(4(5)12)6(8)9/h1,6,11-12H. The molecule has 0 amide bonds. The Morgan fingerprint density at radius 3 is 2.33 bits per heavy atom. The molecule has 0 bridgehead atoms. The van der Waals surface area contributed by atoms with Crippen LogP contribution in [0, 0.1) is 0 Å². The maximum absolute atomic E-state index is 12.2. The van der Waals surface area contributed by atoms with Crippen molar-refractivity contribution in [3.05, 3.63) is 11.9 Å². The van der Waals surface area contributed by atoms with Crippen molar-refractivity contribution in [1.82, 2.24) is 4.98 Å². The SMILES string of the molecule is O=S(=O)(Cl)c1c(O)cnc(C(F)F)c1O. The van der Waals surface area contributed by atoms with E-state index in [1.807, 2.05) is 0 Å². The smallest absolute Gasteiger partial charge is 0.284 e. The van der Waals surface area contributed by atoms with Crippen LogP contribution in [0.3, 0.4) is 0 Å². The highest BCUT2D eigenvalue weighted by atomic mass is 35.7. The topological polar surface area (TPSA) is 87.5 Å². The first-order chi connectivity index (χ1) is 6.75. The lowest BCUT2D eigenvalue weighted by Gasteiger charge is -2.07. The van der Waals surface area contributed by atoms with Crippen LogP contribution in [0.25, 0.3) is 0 Å². The van der Waals surface area contributed by atoms with Crippen molar-refractivity contribution >= 4 is 19.7 Å². The summed E-state index contributed by atoms with van der Waals surface area (Å²) in [6, 6.07) is 0. The Bertz CT molecular complexity index is 490. The van der Waals surface area contributed by atoms with Gasteiger partial charge in [-0.25, -0.2) is 22.2 Å². The highest BCUT2D eigenvalue weighted by Gasteiger charge is 2.27.